The molecule has 1 aromatic carbocycles. The van der Waals surface area contributed by atoms with Crippen LogP contribution in [0.2, 0.25) is 0 Å². The van der Waals surface area contributed by atoms with Crippen molar-refractivity contribution in [1.29, 1.82) is 0 Å². The Morgan fingerprint density at radius 1 is 1.11 bits per heavy atom. The number of hydrogen-bond acceptors (Lipinski definition) is 5. The molecule has 0 unspecified atom stereocenters. The van der Waals surface area contributed by atoms with Crippen molar-refractivity contribution in [2.24, 2.45) is 5.92 Å². The van der Waals surface area contributed by atoms with E-state index in [1.807, 2.05) is 18.2 Å². The van der Waals surface area contributed by atoms with Crippen molar-refractivity contribution >= 4 is 17.5 Å². The van der Waals surface area contributed by atoms with E-state index in [0.29, 0.717) is 24.8 Å². The van der Waals surface area contributed by atoms with Crippen molar-refractivity contribution in [3.8, 4) is 0 Å². The first-order valence-corrected chi connectivity index (χ1v) is 10.3. The van der Waals surface area contributed by atoms with Crippen LogP contribution in [0.25, 0.3) is 0 Å². The number of carbonyl (C=O) groups is 2. The fourth-order valence-electron chi connectivity index (χ4n) is 4.33. The molecular weight excluding hydrogens is 356 g/mol. The number of para-hydroxylation sites is 1. The first kappa shape index (κ1) is 20.8. The predicted molar refractivity (Wildman–Crippen MR) is 109 cm³/mol. The second kappa shape index (κ2) is 10.0. The van der Waals surface area contributed by atoms with Crippen LogP contribution in [0.5, 0.6) is 0 Å². The van der Waals surface area contributed by atoms with Crippen LogP contribution in [-0.4, -0.2) is 90.6 Å². The number of piperidine rings is 1. The van der Waals surface area contributed by atoms with Crippen molar-refractivity contribution in [3.05, 3.63) is 30.3 Å². The maximum atomic E-state index is 12.7. The maximum absolute atomic E-state index is 12.7. The minimum absolute atomic E-state index is 0.161. The standard InChI is InChI=1S/C21H32N4O3/c1-23-11-13-24(14-12-23)19-9-10-25(16-17(19)6-5-15-26)21(28)20(27)22-18-7-3-2-4-8-18/h2-4,7-8,17,19,26H,5-6,9-16H2,1H3,(H,22,27)/t17-,19+/m1/s1. The minimum atomic E-state index is -0.579. The largest absolute Gasteiger partial charge is 0.396 e. The molecule has 3 rings (SSSR count). The molecule has 7 heteroatoms. The third-order valence-corrected chi connectivity index (χ3v) is 5.95. The van der Waals surface area contributed by atoms with Crippen molar-refractivity contribution in [1.82, 2.24) is 14.7 Å². The lowest BCUT2D eigenvalue weighted by Gasteiger charge is -2.46. The van der Waals surface area contributed by atoms with Gasteiger partial charge in [0.15, 0.2) is 0 Å². The van der Waals surface area contributed by atoms with E-state index in [2.05, 4.69) is 22.2 Å². The van der Waals surface area contributed by atoms with E-state index in [0.717, 1.165) is 45.4 Å². The molecule has 2 saturated heterocycles. The molecule has 0 aromatic heterocycles. The van der Waals surface area contributed by atoms with Crippen LogP contribution < -0.4 is 5.32 Å². The number of carbonyl (C=O) groups excluding carboxylic acids is 2. The van der Waals surface area contributed by atoms with Gasteiger partial charge >= 0.3 is 11.8 Å². The topological polar surface area (TPSA) is 76.1 Å². The Morgan fingerprint density at radius 3 is 2.50 bits per heavy atom. The summed E-state index contributed by atoms with van der Waals surface area (Å²) in [6, 6.07) is 9.48. The van der Waals surface area contributed by atoms with Crippen LogP contribution >= 0.6 is 0 Å². The normalized spacial score (nSPS) is 24.1. The fourth-order valence-corrected chi connectivity index (χ4v) is 4.33. The summed E-state index contributed by atoms with van der Waals surface area (Å²) in [6.45, 7) is 5.55. The van der Waals surface area contributed by atoms with Gasteiger partial charge in [-0.3, -0.25) is 14.5 Å². The van der Waals surface area contributed by atoms with Gasteiger partial charge in [-0.2, -0.15) is 0 Å². The van der Waals surface area contributed by atoms with Gasteiger partial charge in [-0.05, 0) is 44.4 Å². The number of piperazine rings is 1. The molecule has 2 aliphatic heterocycles. The quantitative estimate of drug-likeness (QED) is 0.732. The van der Waals surface area contributed by atoms with Crippen LogP contribution in [-0.2, 0) is 9.59 Å². The highest BCUT2D eigenvalue weighted by Gasteiger charge is 2.36. The van der Waals surface area contributed by atoms with Crippen LogP contribution in [0.1, 0.15) is 19.3 Å². The Hall–Kier alpha value is -1.96. The number of likely N-dealkylation sites (N-methyl/N-ethyl adjacent to an activating group) is 1. The third-order valence-electron chi connectivity index (χ3n) is 5.95. The number of nitrogens with zero attached hydrogens (tertiary/aromatic N) is 3. The molecule has 0 spiro atoms. The highest BCUT2D eigenvalue weighted by Crippen LogP contribution is 2.27. The van der Waals surface area contributed by atoms with Gasteiger partial charge in [0.1, 0.15) is 0 Å². The predicted octanol–water partition coefficient (Wildman–Crippen LogP) is 0.862. The summed E-state index contributed by atoms with van der Waals surface area (Å²) in [4.78, 5) is 31.6. The molecular formula is C21H32N4O3. The van der Waals surface area contributed by atoms with Crippen molar-refractivity contribution in [3.63, 3.8) is 0 Å². The van der Waals surface area contributed by atoms with E-state index in [1.54, 1.807) is 17.0 Å². The van der Waals surface area contributed by atoms with E-state index in [9.17, 15) is 14.7 Å². The van der Waals surface area contributed by atoms with Crippen LogP contribution in [0, 0.1) is 5.92 Å². The number of benzene rings is 1. The molecule has 28 heavy (non-hydrogen) atoms. The molecule has 2 fully saturated rings. The Morgan fingerprint density at radius 2 is 1.82 bits per heavy atom. The zero-order valence-electron chi connectivity index (χ0n) is 16.7. The molecule has 2 aliphatic rings. The molecule has 2 amide bonds. The summed E-state index contributed by atoms with van der Waals surface area (Å²) in [5.41, 5.74) is 0.630. The average molecular weight is 389 g/mol. The van der Waals surface area contributed by atoms with Crippen molar-refractivity contribution in [2.45, 2.75) is 25.3 Å². The lowest BCUT2D eigenvalue weighted by Crippen LogP contribution is -2.57. The number of rotatable bonds is 5. The number of hydrogen-bond donors (Lipinski definition) is 2. The van der Waals surface area contributed by atoms with Crippen molar-refractivity contribution in [2.75, 3.05) is 58.2 Å². The van der Waals surface area contributed by atoms with E-state index in [-0.39, 0.29) is 12.5 Å². The van der Waals surface area contributed by atoms with Gasteiger partial charge in [0.2, 0.25) is 0 Å². The Bertz CT molecular complexity index is 646. The smallest absolute Gasteiger partial charge is 0.313 e. The molecule has 0 radical (unpaired) electrons. The molecule has 7 nitrogen and oxygen atoms in total. The van der Waals surface area contributed by atoms with Gasteiger partial charge < -0.3 is 20.2 Å². The summed E-state index contributed by atoms with van der Waals surface area (Å²) in [5.74, 6) is -0.752. The number of anilines is 1. The Balaban J connectivity index is 1.61. The third kappa shape index (κ3) is 5.31. The molecule has 1 aromatic rings. The molecule has 0 saturated carbocycles. The van der Waals surface area contributed by atoms with Gasteiger partial charge in [0.25, 0.3) is 0 Å². The number of nitrogens with one attached hydrogen (secondary N) is 1. The molecule has 2 heterocycles. The number of aliphatic hydroxyl groups excluding tert-OH is 1. The highest BCUT2D eigenvalue weighted by atomic mass is 16.3. The van der Waals surface area contributed by atoms with Gasteiger partial charge in [-0.25, -0.2) is 0 Å². The zero-order valence-corrected chi connectivity index (χ0v) is 16.7. The van der Waals surface area contributed by atoms with E-state index >= 15 is 0 Å². The highest BCUT2D eigenvalue weighted by molar-refractivity contribution is 6.39. The molecule has 0 bridgehead atoms. The van der Waals surface area contributed by atoms with Gasteiger partial charge in [0, 0.05) is 57.6 Å². The van der Waals surface area contributed by atoms with E-state index < -0.39 is 11.8 Å². The Kier molecular flexibility index (Phi) is 7.42. The van der Waals surface area contributed by atoms with E-state index in [1.165, 1.54) is 0 Å². The zero-order chi connectivity index (χ0) is 19.9. The average Bonchev–Trinajstić information content (AvgIpc) is 2.73. The molecule has 2 N–H and O–H groups in total. The second-order valence-electron chi connectivity index (χ2n) is 7.89. The van der Waals surface area contributed by atoms with Crippen molar-refractivity contribution < 1.29 is 14.7 Å². The molecule has 0 aliphatic carbocycles. The fraction of sp³-hybridized carbons (Fsp3) is 0.619. The SMILES string of the molecule is CN1CCN([C@H]2CCN(C(=O)C(=O)Nc3ccccc3)C[C@H]2CCCO)CC1. The molecule has 2 atom stereocenters. The monoisotopic (exact) mass is 388 g/mol. The van der Waals surface area contributed by atoms with Gasteiger partial charge in [-0.1, -0.05) is 18.2 Å². The second-order valence-corrected chi connectivity index (χ2v) is 7.89. The summed E-state index contributed by atoms with van der Waals surface area (Å²) in [7, 11) is 2.15. The summed E-state index contributed by atoms with van der Waals surface area (Å²) >= 11 is 0. The number of likely N-dealkylation sites (tertiary alicyclic amines) is 1. The summed E-state index contributed by atoms with van der Waals surface area (Å²) in [5, 5.41) is 12.0. The first-order valence-electron chi connectivity index (χ1n) is 10.3. The van der Waals surface area contributed by atoms with Gasteiger partial charge in [0.05, 0.1) is 0 Å². The van der Waals surface area contributed by atoms with Crippen LogP contribution in [0.4, 0.5) is 5.69 Å². The Labute approximate surface area is 167 Å². The lowest BCUT2D eigenvalue weighted by molar-refractivity contribution is -0.145. The van der Waals surface area contributed by atoms with Crippen LogP contribution in [0.15, 0.2) is 30.3 Å². The summed E-state index contributed by atoms with van der Waals surface area (Å²) < 4.78 is 0. The summed E-state index contributed by atoms with van der Waals surface area (Å²) in [6.07, 6.45) is 2.48. The lowest BCUT2D eigenvalue weighted by atomic mass is 9.86. The molecule has 154 valence electrons. The van der Waals surface area contributed by atoms with E-state index in [4.69, 9.17) is 0 Å². The first-order chi connectivity index (χ1) is 13.6. The van der Waals surface area contributed by atoms with Gasteiger partial charge in [-0.15, -0.1) is 0 Å². The number of amides is 2. The maximum Gasteiger partial charge on any atom is 0.313 e. The number of aliphatic hydroxyl groups is 1. The minimum Gasteiger partial charge on any atom is -0.396 e. The van der Waals surface area contributed by atoms with Crippen LogP contribution in [0.3, 0.4) is 0 Å².